The average molecular weight is 270 g/mol. The minimum Gasteiger partial charge on any atom is -0.393 e. The van der Waals surface area contributed by atoms with Crippen molar-refractivity contribution >= 4 is 11.6 Å². The van der Waals surface area contributed by atoms with Crippen molar-refractivity contribution in [3.63, 3.8) is 0 Å². The number of hydrogen-bond donors (Lipinski definition) is 1. The first kappa shape index (κ1) is 12.4. The van der Waals surface area contributed by atoms with Crippen LogP contribution in [0.1, 0.15) is 18.4 Å². The van der Waals surface area contributed by atoms with Gasteiger partial charge < -0.3 is 5.11 Å². The topological polar surface area (TPSA) is 23.5 Å². The van der Waals surface area contributed by atoms with Crippen molar-refractivity contribution in [2.24, 2.45) is 11.8 Å². The van der Waals surface area contributed by atoms with Crippen LogP contribution in [0.5, 0.6) is 0 Å². The quantitative estimate of drug-likeness (QED) is 0.892. The number of benzene rings is 1. The van der Waals surface area contributed by atoms with Gasteiger partial charge in [-0.3, -0.25) is 4.90 Å². The SMILES string of the molecule is OC1CCC2CN(Cc3ccc(Cl)c(F)c3)CC12. The van der Waals surface area contributed by atoms with E-state index in [4.69, 9.17) is 11.6 Å². The number of nitrogens with zero attached hydrogens (tertiary/aromatic N) is 1. The highest BCUT2D eigenvalue weighted by molar-refractivity contribution is 6.30. The summed E-state index contributed by atoms with van der Waals surface area (Å²) in [5.41, 5.74) is 0.950. The van der Waals surface area contributed by atoms with Gasteiger partial charge in [-0.05, 0) is 36.5 Å². The number of likely N-dealkylation sites (tertiary alicyclic amines) is 1. The Morgan fingerprint density at radius 2 is 2.17 bits per heavy atom. The molecule has 0 bridgehead atoms. The molecule has 1 aromatic rings. The van der Waals surface area contributed by atoms with E-state index in [1.807, 2.05) is 6.07 Å². The lowest BCUT2D eigenvalue weighted by Crippen LogP contribution is -2.24. The second kappa shape index (κ2) is 4.80. The lowest BCUT2D eigenvalue weighted by Gasteiger charge is -2.18. The van der Waals surface area contributed by atoms with Gasteiger partial charge in [0, 0.05) is 25.6 Å². The van der Waals surface area contributed by atoms with Crippen LogP contribution >= 0.6 is 11.6 Å². The minimum absolute atomic E-state index is 0.137. The van der Waals surface area contributed by atoms with Crippen molar-refractivity contribution in [2.75, 3.05) is 13.1 Å². The molecule has 2 nitrogen and oxygen atoms in total. The standard InChI is InChI=1S/C14H17ClFNO/c15-12-3-1-9(5-13(12)16)6-17-7-10-2-4-14(18)11(10)8-17/h1,3,5,10-11,14,18H,2,4,6-8H2. The Balaban J connectivity index is 1.66. The Morgan fingerprint density at radius 3 is 2.89 bits per heavy atom. The van der Waals surface area contributed by atoms with Crippen LogP contribution in [-0.2, 0) is 6.54 Å². The summed E-state index contributed by atoms with van der Waals surface area (Å²) < 4.78 is 13.4. The summed E-state index contributed by atoms with van der Waals surface area (Å²) in [6, 6.07) is 4.99. The highest BCUT2D eigenvalue weighted by atomic mass is 35.5. The second-order valence-corrected chi connectivity index (χ2v) is 5.92. The van der Waals surface area contributed by atoms with Crippen molar-refractivity contribution in [3.05, 3.63) is 34.6 Å². The van der Waals surface area contributed by atoms with Crippen LogP contribution in [-0.4, -0.2) is 29.2 Å². The van der Waals surface area contributed by atoms with Gasteiger partial charge >= 0.3 is 0 Å². The molecular weight excluding hydrogens is 253 g/mol. The summed E-state index contributed by atoms with van der Waals surface area (Å²) in [5, 5.41) is 10.0. The monoisotopic (exact) mass is 269 g/mol. The van der Waals surface area contributed by atoms with Crippen LogP contribution in [0.3, 0.4) is 0 Å². The zero-order valence-electron chi connectivity index (χ0n) is 10.1. The smallest absolute Gasteiger partial charge is 0.142 e. The Morgan fingerprint density at radius 1 is 1.33 bits per heavy atom. The average Bonchev–Trinajstić information content (AvgIpc) is 2.87. The molecule has 3 rings (SSSR count). The van der Waals surface area contributed by atoms with Crippen molar-refractivity contribution in [3.8, 4) is 0 Å². The van der Waals surface area contributed by atoms with E-state index < -0.39 is 0 Å². The van der Waals surface area contributed by atoms with Crippen molar-refractivity contribution < 1.29 is 9.50 Å². The summed E-state index contributed by atoms with van der Waals surface area (Å²) in [4.78, 5) is 2.31. The number of aliphatic hydroxyl groups excluding tert-OH is 1. The van der Waals surface area contributed by atoms with Crippen LogP contribution in [0.25, 0.3) is 0 Å². The predicted molar refractivity (Wildman–Crippen MR) is 68.9 cm³/mol. The molecule has 1 N–H and O–H groups in total. The molecule has 1 aromatic carbocycles. The molecule has 2 aliphatic rings. The molecule has 1 saturated heterocycles. The molecule has 98 valence electrons. The third-order valence-corrected chi connectivity index (χ3v) is 4.59. The van der Waals surface area contributed by atoms with Crippen LogP contribution in [0.2, 0.25) is 5.02 Å². The van der Waals surface area contributed by atoms with E-state index in [0.29, 0.717) is 11.8 Å². The largest absolute Gasteiger partial charge is 0.393 e. The number of aliphatic hydroxyl groups is 1. The molecule has 1 aliphatic carbocycles. The van der Waals surface area contributed by atoms with Gasteiger partial charge in [-0.1, -0.05) is 17.7 Å². The maximum Gasteiger partial charge on any atom is 0.142 e. The number of halogens is 2. The van der Waals surface area contributed by atoms with Crippen LogP contribution in [0.15, 0.2) is 18.2 Å². The summed E-state index contributed by atoms with van der Waals surface area (Å²) in [6.07, 6.45) is 1.93. The van der Waals surface area contributed by atoms with E-state index in [2.05, 4.69) is 4.90 Å². The van der Waals surface area contributed by atoms with Crippen LogP contribution < -0.4 is 0 Å². The van der Waals surface area contributed by atoms with Crippen molar-refractivity contribution in [1.29, 1.82) is 0 Å². The van der Waals surface area contributed by atoms with E-state index in [1.165, 1.54) is 6.07 Å². The molecule has 18 heavy (non-hydrogen) atoms. The third kappa shape index (κ3) is 2.27. The highest BCUT2D eigenvalue weighted by Gasteiger charge is 2.41. The fourth-order valence-electron chi connectivity index (χ4n) is 3.35. The molecule has 1 heterocycles. The highest BCUT2D eigenvalue weighted by Crippen LogP contribution is 2.38. The first-order valence-corrected chi connectivity index (χ1v) is 6.85. The van der Waals surface area contributed by atoms with Gasteiger partial charge in [0.05, 0.1) is 11.1 Å². The number of fused-ring (bicyclic) bond motifs is 1. The van der Waals surface area contributed by atoms with E-state index >= 15 is 0 Å². The van der Waals surface area contributed by atoms with Gasteiger partial charge in [0.25, 0.3) is 0 Å². The zero-order chi connectivity index (χ0) is 12.7. The van der Waals surface area contributed by atoms with Gasteiger partial charge in [0.2, 0.25) is 0 Å². The molecule has 0 radical (unpaired) electrons. The van der Waals surface area contributed by atoms with Gasteiger partial charge in [-0.15, -0.1) is 0 Å². The fourth-order valence-corrected chi connectivity index (χ4v) is 3.47. The predicted octanol–water partition coefficient (Wildman–Crippen LogP) is 2.68. The molecule has 0 amide bonds. The Labute approximate surface area is 111 Å². The first-order valence-electron chi connectivity index (χ1n) is 6.48. The van der Waals surface area contributed by atoms with Gasteiger partial charge in [-0.25, -0.2) is 4.39 Å². The van der Waals surface area contributed by atoms with E-state index in [-0.39, 0.29) is 16.9 Å². The maximum absolute atomic E-state index is 13.4. The van der Waals surface area contributed by atoms with Crippen LogP contribution in [0, 0.1) is 17.7 Å². The summed E-state index contributed by atoms with van der Waals surface area (Å²) >= 11 is 5.67. The Bertz CT molecular complexity index is 453. The van der Waals surface area contributed by atoms with E-state index in [9.17, 15) is 9.50 Å². The van der Waals surface area contributed by atoms with E-state index in [0.717, 1.165) is 38.0 Å². The van der Waals surface area contributed by atoms with Gasteiger partial charge in [-0.2, -0.15) is 0 Å². The normalized spacial score (nSPS) is 31.8. The summed E-state index contributed by atoms with van der Waals surface area (Å²) in [7, 11) is 0. The van der Waals surface area contributed by atoms with Gasteiger partial charge in [0.15, 0.2) is 0 Å². The molecule has 0 spiro atoms. The molecule has 0 aromatic heterocycles. The van der Waals surface area contributed by atoms with Crippen molar-refractivity contribution in [1.82, 2.24) is 4.90 Å². The molecule has 1 saturated carbocycles. The number of hydrogen-bond acceptors (Lipinski definition) is 2. The van der Waals surface area contributed by atoms with Crippen molar-refractivity contribution in [2.45, 2.75) is 25.5 Å². The zero-order valence-corrected chi connectivity index (χ0v) is 10.9. The minimum atomic E-state index is -0.353. The summed E-state index contributed by atoms with van der Waals surface area (Å²) in [5.74, 6) is 0.688. The molecule has 3 unspecified atom stereocenters. The summed E-state index contributed by atoms with van der Waals surface area (Å²) in [6.45, 7) is 2.69. The van der Waals surface area contributed by atoms with Gasteiger partial charge in [0.1, 0.15) is 5.82 Å². The third-order valence-electron chi connectivity index (χ3n) is 4.28. The second-order valence-electron chi connectivity index (χ2n) is 5.51. The molecule has 4 heteroatoms. The molecule has 3 atom stereocenters. The number of rotatable bonds is 2. The molecule has 1 aliphatic heterocycles. The van der Waals surface area contributed by atoms with E-state index in [1.54, 1.807) is 6.07 Å². The molecule has 2 fully saturated rings. The fraction of sp³-hybridized carbons (Fsp3) is 0.571. The maximum atomic E-state index is 13.4. The first-order chi connectivity index (χ1) is 8.63. The lowest BCUT2D eigenvalue weighted by atomic mass is 10.00. The Kier molecular flexibility index (Phi) is 3.31. The molecular formula is C14H17ClFNO. The Hall–Kier alpha value is -0.640. The van der Waals surface area contributed by atoms with Crippen LogP contribution in [0.4, 0.5) is 4.39 Å². The lowest BCUT2D eigenvalue weighted by molar-refractivity contribution is 0.123.